The van der Waals surface area contributed by atoms with Crippen LogP contribution in [0.15, 0.2) is 24.3 Å². The Morgan fingerprint density at radius 2 is 2.00 bits per heavy atom. The van der Waals surface area contributed by atoms with Crippen LogP contribution in [0, 0.1) is 11.3 Å². The zero-order valence-corrected chi connectivity index (χ0v) is 11.1. The van der Waals surface area contributed by atoms with Crippen LogP contribution in [-0.4, -0.2) is 18.7 Å². The lowest BCUT2D eigenvalue weighted by atomic mass is 9.93. The molecule has 1 aliphatic rings. The van der Waals surface area contributed by atoms with E-state index in [1.54, 1.807) is 0 Å². The van der Waals surface area contributed by atoms with E-state index in [2.05, 4.69) is 25.2 Å². The molecule has 0 bridgehead atoms. The standard InChI is InChI=1S/C15H20N2O/c1-3-15(4-2)11-17-10-14(18-15)13-7-5-12(9-16)6-8-13/h5-8,14,17H,3-4,10-11H2,1-2H3. The van der Waals surface area contributed by atoms with E-state index in [1.165, 1.54) is 0 Å². The number of rotatable bonds is 3. The van der Waals surface area contributed by atoms with Crippen molar-refractivity contribution in [2.75, 3.05) is 13.1 Å². The van der Waals surface area contributed by atoms with Crippen molar-refractivity contribution in [3.63, 3.8) is 0 Å². The summed E-state index contributed by atoms with van der Waals surface area (Å²) in [7, 11) is 0. The predicted molar refractivity (Wildman–Crippen MR) is 71.2 cm³/mol. The third-order valence-electron chi connectivity index (χ3n) is 3.87. The smallest absolute Gasteiger partial charge is 0.0991 e. The van der Waals surface area contributed by atoms with Crippen molar-refractivity contribution in [3.8, 4) is 6.07 Å². The second kappa shape index (κ2) is 5.51. The van der Waals surface area contributed by atoms with Gasteiger partial charge in [-0.15, -0.1) is 0 Å². The molecule has 3 nitrogen and oxygen atoms in total. The van der Waals surface area contributed by atoms with Gasteiger partial charge in [-0.1, -0.05) is 26.0 Å². The van der Waals surface area contributed by atoms with Gasteiger partial charge >= 0.3 is 0 Å². The molecule has 1 unspecified atom stereocenters. The van der Waals surface area contributed by atoms with Gasteiger partial charge in [0.25, 0.3) is 0 Å². The zero-order valence-electron chi connectivity index (χ0n) is 11.1. The fourth-order valence-corrected chi connectivity index (χ4v) is 2.44. The molecule has 0 aromatic heterocycles. The van der Waals surface area contributed by atoms with Crippen LogP contribution < -0.4 is 5.32 Å². The molecule has 1 atom stereocenters. The second-order valence-electron chi connectivity index (χ2n) is 4.86. The molecule has 1 N–H and O–H groups in total. The van der Waals surface area contributed by atoms with Crippen LogP contribution in [-0.2, 0) is 4.74 Å². The summed E-state index contributed by atoms with van der Waals surface area (Å²) in [5, 5.41) is 12.3. The summed E-state index contributed by atoms with van der Waals surface area (Å²) in [5.41, 5.74) is 1.80. The molecular formula is C15H20N2O. The minimum atomic E-state index is -0.0448. The van der Waals surface area contributed by atoms with E-state index in [0.29, 0.717) is 5.56 Å². The van der Waals surface area contributed by atoms with Crippen LogP contribution in [0.2, 0.25) is 0 Å². The average Bonchev–Trinajstić information content (AvgIpc) is 2.47. The van der Waals surface area contributed by atoms with E-state index in [-0.39, 0.29) is 11.7 Å². The van der Waals surface area contributed by atoms with Gasteiger partial charge < -0.3 is 10.1 Å². The van der Waals surface area contributed by atoms with E-state index >= 15 is 0 Å². The van der Waals surface area contributed by atoms with E-state index in [4.69, 9.17) is 10.00 Å². The van der Waals surface area contributed by atoms with Crippen molar-refractivity contribution in [1.29, 1.82) is 5.26 Å². The third kappa shape index (κ3) is 2.55. The van der Waals surface area contributed by atoms with Crippen molar-refractivity contribution in [3.05, 3.63) is 35.4 Å². The Morgan fingerprint density at radius 1 is 1.33 bits per heavy atom. The maximum absolute atomic E-state index is 8.80. The second-order valence-corrected chi connectivity index (χ2v) is 4.86. The quantitative estimate of drug-likeness (QED) is 0.889. The number of morpholine rings is 1. The largest absolute Gasteiger partial charge is 0.364 e. The Balaban J connectivity index is 2.15. The van der Waals surface area contributed by atoms with E-state index in [0.717, 1.165) is 31.5 Å². The van der Waals surface area contributed by atoms with Crippen LogP contribution in [0.1, 0.15) is 43.9 Å². The molecule has 3 heteroatoms. The first-order valence-corrected chi connectivity index (χ1v) is 6.61. The van der Waals surface area contributed by atoms with Crippen molar-refractivity contribution in [2.24, 2.45) is 0 Å². The summed E-state index contributed by atoms with van der Waals surface area (Å²) in [6, 6.07) is 9.83. The molecule has 0 aliphatic carbocycles. The Hall–Kier alpha value is -1.37. The van der Waals surface area contributed by atoms with Crippen molar-refractivity contribution in [1.82, 2.24) is 5.32 Å². The molecule has 2 rings (SSSR count). The molecule has 0 saturated carbocycles. The summed E-state index contributed by atoms with van der Waals surface area (Å²) in [6.07, 6.45) is 2.12. The van der Waals surface area contributed by atoms with Crippen LogP contribution in [0.4, 0.5) is 0 Å². The van der Waals surface area contributed by atoms with Gasteiger partial charge in [-0.25, -0.2) is 0 Å². The molecule has 1 heterocycles. The highest BCUT2D eigenvalue weighted by Gasteiger charge is 2.34. The molecule has 0 amide bonds. The Morgan fingerprint density at radius 3 is 2.56 bits per heavy atom. The maximum atomic E-state index is 8.80. The van der Waals surface area contributed by atoms with Gasteiger partial charge in [0.05, 0.1) is 23.3 Å². The molecule has 1 saturated heterocycles. The first kappa shape index (κ1) is 13.1. The SMILES string of the molecule is CCC1(CC)CNCC(c2ccc(C#N)cc2)O1. The first-order chi connectivity index (χ1) is 8.73. The highest BCUT2D eigenvalue weighted by molar-refractivity contribution is 5.32. The lowest BCUT2D eigenvalue weighted by Gasteiger charge is -2.41. The minimum Gasteiger partial charge on any atom is -0.364 e. The number of ether oxygens (including phenoxy) is 1. The molecule has 1 aliphatic heterocycles. The Bertz CT molecular complexity index is 429. The number of benzene rings is 1. The number of nitriles is 1. The maximum Gasteiger partial charge on any atom is 0.0991 e. The molecule has 18 heavy (non-hydrogen) atoms. The normalized spacial score (nSPS) is 22.4. The van der Waals surface area contributed by atoms with Crippen molar-refractivity contribution in [2.45, 2.75) is 38.4 Å². The fraction of sp³-hybridized carbons (Fsp3) is 0.533. The molecular weight excluding hydrogens is 224 g/mol. The predicted octanol–water partition coefficient (Wildman–Crippen LogP) is 2.78. The van der Waals surface area contributed by atoms with Gasteiger partial charge in [-0.2, -0.15) is 5.26 Å². The molecule has 1 fully saturated rings. The van der Waals surface area contributed by atoms with Crippen LogP contribution >= 0.6 is 0 Å². The van der Waals surface area contributed by atoms with Gasteiger partial charge in [0.2, 0.25) is 0 Å². The molecule has 1 aromatic rings. The molecule has 0 spiro atoms. The summed E-state index contributed by atoms with van der Waals surface area (Å²) >= 11 is 0. The minimum absolute atomic E-state index is 0.0448. The monoisotopic (exact) mass is 244 g/mol. The van der Waals surface area contributed by atoms with Crippen LogP contribution in [0.5, 0.6) is 0 Å². The number of nitrogens with zero attached hydrogens (tertiary/aromatic N) is 1. The highest BCUT2D eigenvalue weighted by atomic mass is 16.5. The molecule has 96 valence electrons. The summed E-state index contributed by atoms with van der Waals surface area (Å²) < 4.78 is 6.29. The van der Waals surface area contributed by atoms with Gasteiger partial charge in [0.15, 0.2) is 0 Å². The Labute approximate surface area is 109 Å². The lowest BCUT2D eigenvalue weighted by molar-refractivity contribution is -0.122. The Kier molecular flexibility index (Phi) is 4.00. The number of hydrogen-bond acceptors (Lipinski definition) is 3. The van der Waals surface area contributed by atoms with Crippen LogP contribution in [0.3, 0.4) is 0 Å². The van der Waals surface area contributed by atoms with Gasteiger partial charge in [0.1, 0.15) is 0 Å². The average molecular weight is 244 g/mol. The first-order valence-electron chi connectivity index (χ1n) is 6.61. The summed E-state index contributed by atoms with van der Waals surface area (Å²) in [4.78, 5) is 0. The number of nitrogens with one attached hydrogen (secondary N) is 1. The van der Waals surface area contributed by atoms with E-state index in [1.807, 2.05) is 24.3 Å². The van der Waals surface area contributed by atoms with Gasteiger partial charge in [-0.3, -0.25) is 0 Å². The summed E-state index contributed by atoms with van der Waals surface area (Å²) in [5.74, 6) is 0. The third-order valence-corrected chi connectivity index (χ3v) is 3.87. The highest BCUT2D eigenvalue weighted by Crippen LogP contribution is 2.31. The fourth-order valence-electron chi connectivity index (χ4n) is 2.44. The lowest BCUT2D eigenvalue weighted by Crippen LogP contribution is -2.50. The van der Waals surface area contributed by atoms with Gasteiger partial charge in [-0.05, 0) is 30.5 Å². The summed E-state index contributed by atoms with van der Waals surface area (Å²) in [6.45, 7) is 6.11. The number of hydrogen-bond donors (Lipinski definition) is 1. The van der Waals surface area contributed by atoms with Crippen LogP contribution in [0.25, 0.3) is 0 Å². The molecule has 1 aromatic carbocycles. The van der Waals surface area contributed by atoms with Crippen molar-refractivity contribution < 1.29 is 4.74 Å². The zero-order chi connectivity index (χ0) is 13.0. The van der Waals surface area contributed by atoms with Gasteiger partial charge in [0, 0.05) is 13.1 Å². The topological polar surface area (TPSA) is 45.0 Å². The van der Waals surface area contributed by atoms with E-state index < -0.39 is 0 Å². The molecule has 0 radical (unpaired) electrons. The van der Waals surface area contributed by atoms with E-state index in [9.17, 15) is 0 Å². The van der Waals surface area contributed by atoms with Crippen molar-refractivity contribution >= 4 is 0 Å².